The van der Waals surface area contributed by atoms with Gasteiger partial charge >= 0.3 is 0 Å². The smallest absolute Gasteiger partial charge is 0.271 e. The number of rotatable bonds is 7. The second-order valence-corrected chi connectivity index (χ2v) is 9.18. The number of halogens is 1. The quantitative estimate of drug-likeness (QED) is 0.624. The molecule has 1 N–H and O–H groups in total. The van der Waals surface area contributed by atoms with Crippen molar-refractivity contribution in [3.05, 3.63) is 58.6 Å². The van der Waals surface area contributed by atoms with E-state index in [0.29, 0.717) is 24.6 Å². The molecule has 0 spiro atoms. The molecule has 0 unspecified atom stereocenters. The number of aromatic nitrogens is 2. The van der Waals surface area contributed by atoms with E-state index >= 15 is 0 Å². The normalized spacial score (nSPS) is 11.4. The summed E-state index contributed by atoms with van der Waals surface area (Å²) in [5.74, 6) is 0.592. The molecule has 3 aromatic rings. The molecule has 0 amide bonds. The Morgan fingerprint density at radius 3 is 2.83 bits per heavy atom. The molecule has 0 bridgehead atoms. The van der Waals surface area contributed by atoms with Crippen molar-refractivity contribution in [3.63, 3.8) is 0 Å². The lowest BCUT2D eigenvalue weighted by Crippen LogP contribution is -2.12. The Morgan fingerprint density at radius 2 is 2.12 bits per heavy atom. The van der Waals surface area contributed by atoms with Gasteiger partial charge in [0.05, 0.1) is 16.0 Å². The number of ether oxygens (including phenoxy) is 1. The summed E-state index contributed by atoms with van der Waals surface area (Å²) in [7, 11) is -3.60. The SMILES string of the molecule is O=S(=O)(Nc1cccc(OCCn2cccn2)c1)c1ccc(Br)s1. The number of anilines is 1. The highest BCUT2D eigenvalue weighted by Gasteiger charge is 2.16. The molecule has 0 atom stereocenters. The number of hydrogen-bond donors (Lipinski definition) is 1. The predicted molar refractivity (Wildman–Crippen MR) is 97.0 cm³/mol. The highest BCUT2D eigenvalue weighted by atomic mass is 79.9. The molecule has 1 aromatic carbocycles. The van der Waals surface area contributed by atoms with Gasteiger partial charge in [-0.05, 0) is 46.3 Å². The molecule has 2 heterocycles. The molecule has 0 fully saturated rings. The van der Waals surface area contributed by atoms with Gasteiger partial charge in [0, 0.05) is 18.5 Å². The molecule has 0 aliphatic rings. The van der Waals surface area contributed by atoms with Crippen LogP contribution in [0.3, 0.4) is 0 Å². The van der Waals surface area contributed by atoms with Crippen LogP contribution >= 0.6 is 27.3 Å². The number of benzene rings is 1. The maximum atomic E-state index is 12.3. The first kappa shape index (κ1) is 17.0. The molecule has 3 rings (SSSR count). The topological polar surface area (TPSA) is 73.2 Å². The Labute approximate surface area is 152 Å². The van der Waals surface area contributed by atoms with Crippen LogP contribution in [0.15, 0.2) is 62.9 Å². The van der Waals surface area contributed by atoms with Gasteiger partial charge in [0.1, 0.15) is 16.6 Å². The summed E-state index contributed by atoms with van der Waals surface area (Å²) in [6.45, 7) is 1.06. The van der Waals surface area contributed by atoms with E-state index in [9.17, 15) is 8.42 Å². The highest BCUT2D eigenvalue weighted by Crippen LogP contribution is 2.28. The van der Waals surface area contributed by atoms with E-state index < -0.39 is 10.0 Å². The zero-order valence-corrected chi connectivity index (χ0v) is 15.6. The Balaban J connectivity index is 1.64. The van der Waals surface area contributed by atoms with Crippen LogP contribution in [0, 0.1) is 0 Å². The molecule has 9 heteroatoms. The van der Waals surface area contributed by atoms with E-state index in [4.69, 9.17) is 4.74 Å². The molecule has 0 saturated carbocycles. The minimum atomic E-state index is -3.60. The summed E-state index contributed by atoms with van der Waals surface area (Å²) in [5.41, 5.74) is 0.455. The number of nitrogens with one attached hydrogen (secondary N) is 1. The molecular formula is C15H14BrN3O3S2. The number of nitrogens with zero attached hydrogens (tertiary/aromatic N) is 2. The molecule has 0 radical (unpaired) electrons. The summed E-state index contributed by atoms with van der Waals surface area (Å²) in [6.07, 6.45) is 3.56. The van der Waals surface area contributed by atoms with Gasteiger partial charge < -0.3 is 4.74 Å². The van der Waals surface area contributed by atoms with Crippen LogP contribution in [0.5, 0.6) is 5.75 Å². The molecular weight excluding hydrogens is 414 g/mol. The zero-order valence-electron chi connectivity index (χ0n) is 12.4. The first-order valence-corrected chi connectivity index (χ1v) is 10.1. The second kappa shape index (κ2) is 7.37. The molecule has 0 aliphatic heterocycles. The lowest BCUT2D eigenvalue weighted by molar-refractivity contribution is 0.291. The van der Waals surface area contributed by atoms with Gasteiger partial charge in [0.2, 0.25) is 0 Å². The van der Waals surface area contributed by atoms with Crippen molar-refractivity contribution in [3.8, 4) is 5.75 Å². The highest BCUT2D eigenvalue weighted by molar-refractivity contribution is 9.11. The fourth-order valence-corrected chi connectivity index (χ4v) is 5.05. The van der Waals surface area contributed by atoms with Crippen LogP contribution in [-0.2, 0) is 16.6 Å². The third kappa shape index (κ3) is 4.37. The van der Waals surface area contributed by atoms with Crippen molar-refractivity contribution in [2.45, 2.75) is 10.8 Å². The summed E-state index contributed by atoms with van der Waals surface area (Å²) in [4.78, 5) is 0. The van der Waals surface area contributed by atoms with Crippen LogP contribution in [0.4, 0.5) is 5.69 Å². The summed E-state index contributed by atoms with van der Waals surface area (Å²) in [6, 6.07) is 12.0. The third-order valence-electron chi connectivity index (χ3n) is 3.05. The Bertz CT molecular complexity index is 908. The van der Waals surface area contributed by atoms with Crippen LogP contribution in [0.1, 0.15) is 0 Å². The lowest BCUT2D eigenvalue weighted by atomic mass is 10.3. The molecule has 2 aromatic heterocycles. The van der Waals surface area contributed by atoms with E-state index in [-0.39, 0.29) is 4.21 Å². The Hall–Kier alpha value is -1.84. The Morgan fingerprint density at radius 1 is 1.25 bits per heavy atom. The van der Waals surface area contributed by atoms with Gasteiger partial charge in [-0.2, -0.15) is 5.10 Å². The largest absolute Gasteiger partial charge is 0.492 e. The predicted octanol–water partition coefficient (Wildman–Crippen LogP) is 3.59. The maximum absolute atomic E-state index is 12.3. The van der Waals surface area contributed by atoms with Gasteiger partial charge in [-0.15, -0.1) is 11.3 Å². The average molecular weight is 428 g/mol. The first-order chi connectivity index (χ1) is 11.5. The third-order valence-corrected chi connectivity index (χ3v) is 6.54. The standard InChI is InChI=1S/C15H14BrN3O3S2/c16-14-5-6-15(23-14)24(20,21)18-12-3-1-4-13(11-12)22-10-9-19-8-2-7-17-19/h1-8,11,18H,9-10H2. The fraction of sp³-hybridized carbons (Fsp3) is 0.133. The van der Waals surface area contributed by atoms with E-state index in [1.54, 1.807) is 47.3 Å². The minimum absolute atomic E-state index is 0.249. The van der Waals surface area contributed by atoms with Crippen LogP contribution < -0.4 is 9.46 Å². The van der Waals surface area contributed by atoms with E-state index in [1.165, 1.54) is 0 Å². The van der Waals surface area contributed by atoms with Crippen LogP contribution in [0.25, 0.3) is 0 Å². The monoisotopic (exact) mass is 427 g/mol. The Kier molecular flexibility index (Phi) is 5.22. The van der Waals surface area contributed by atoms with E-state index in [2.05, 4.69) is 25.8 Å². The molecule has 0 aliphatic carbocycles. The van der Waals surface area contributed by atoms with Crippen molar-refractivity contribution in [2.75, 3.05) is 11.3 Å². The van der Waals surface area contributed by atoms with Crippen molar-refractivity contribution in [2.24, 2.45) is 0 Å². The van der Waals surface area contributed by atoms with Gasteiger partial charge in [-0.3, -0.25) is 9.40 Å². The van der Waals surface area contributed by atoms with Gasteiger partial charge in [-0.25, -0.2) is 8.42 Å². The number of sulfonamides is 1. The minimum Gasteiger partial charge on any atom is -0.492 e. The molecule has 126 valence electrons. The van der Waals surface area contributed by atoms with E-state index in [0.717, 1.165) is 15.1 Å². The van der Waals surface area contributed by atoms with Gasteiger partial charge in [0.25, 0.3) is 10.0 Å². The fourth-order valence-electron chi connectivity index (χ4n) is 1.99. The summed E-state index contributed by atoms with van der Waals surface area (Å²) < 4.78 is 35.6. The first-order valence-electron chi connectivity index (χ1n) is 7.01. The van der Waals surface area contributed by atoms with Gasteiger partial charge in [0.15, 0.2) is 0 Å². The molecule has 0 saturated heterocycles. The number of thiophene rings is 1. The lowest BCUT2D eigenvalue weighted by Gasteiger charge is -2.10. The van der Waals surface area contributed by atoms with Crippen molar-refractivity contribution in [1.82, 2.24) is 9.78 Å². The van der Waals surface area contributed by atoms with Crippen LogP contribution in [0.2, 0.25) is 0 Å². The maximum Gasteiger partial charge on any atom is 0.271 e. The molecule has 24 heavy (non-hydrogen) atoms. The average Bonchev–Trinajstić information content (AvgIpc) is 3.19. The van der Waals surface area contributed by atoms with Crippen LogP contribution in [-0.4, -0.2) is 24.8 Å². The van der Waals surface area contributed by atoms with Crippen molar-refractivity contribution >= 4 is 43.0 Å². The van der Waals surface area contributed by atoms with Crippen molar-refractivity contribution < 1.29 is 13.2 Å². The molecule has 6 nitrogen and oxygen atoms in total. The van der Waals surface area contributed by atoms with E-state index in [1.807, 2.05) is 12.3 Å². The van der Waals surface area contributed by atoms with Gasteiger partial charge in [-0.1, -0.05) is 6.07 Å². The summed E-state index contributed by atoms with van der Waals surface area (Å²) >= 11 is 4.42. The van der Waals surface area contributed by atoms with Crippen molar-refractivity contribution in [1.29, 1.82) is 0 Å². The summed E-state index contributed by atoms with van der Waals surface area (Å²) in [5, 5.41) is 4.09. The zero-order chi connectivity index (χ0) is 17.0. The number of hydrogen-bond acceptors (Lipinski definition) is 5. The second-order valence-electron chi connectivity index (χ2n) is 4.81.